The Bertz CT molecular complexity index is 68.7. The molecule has 0 radical (unpaired) electrons. The van der Waals surface area contributed by atoms with Crippen molar-refractivity contribution in [2.24, 2.45) is 0 Å². The fourth-order valence-corrected chi connectivity index (χ4v) is 1.15. The van der Waals surface area contributed by atoms with Gasteiger partial charge in [0.15, 0.2) is 0 Å². The van der Waals surface area contributed by atoms with Crippen LogP contribution in [0.3, 0.4) is 0 Å². The Kier molecular flexibility index (Phi) is 2.97. The molecule has 54 valence electrons. The summed E-state index contributed by atoms with van der Waals surface area (Å²) in [5, 5.41) is 10.5. The first-order chi connectivity index (χ1) is 4.43. The lowest BCUT2D eigenvalue weighted by molar-refractivity contribution is 0.0921. The van der Waals surface area contributed by atoms with E-state index in [1.807, 2.05) is 0 Å². The summed E-state index contributed by atoms with van der Waals surface area (Å²) in [6.07, 6.45) is 3.85. The lowest BCUT2D eigenvalue weighted by Gasteiger charge is -2.25. The van der Waals surface area contributed by atoms with E-state index in [2.05, 4.69) is 10.4 Å². The Balaban J connectivity index is 2.08. The van der Waals surface area contributed by atoms with Gasteiger partial charge in [-0.25, -0.2) is 10.4 Å². The molecule has 0 aromatic heterocycles. The average Bonchev–Trinajstić information content (AvgIpc) is 1.91. The van der Waals surface area contributed by atoms with Crippen molar-refractivity contribution in [3.63, 3.8) is 0 Å². The number of hydrogen-bond donors (Lipinski definition) is 2. The molecule has 3 heteroatoms. The summed E-state index contributed by atoms with van der Waals surface area (Å²) in [6, 6.07) is 0. The molecule has 1 fully saturated rings. The van der Waals surface area contributed by atoms with Crippen LogP contribution in [0.15, 0.2) is 0 Å². The first-order valence-electron chi connectivity index (χ1n) is 3.53. The maximum absolute atomic E-state index is 8.47. The van der Waals surface area contributed by atoms with Crippen LogP contribution in [0, 0.1) is 0 Å². The molecule has 2 N–H and O–H groups in total. The lowest BCUT2D eigenvalue weighted by atomic mass is 10.2. The minimum Gasteiger partial charge on any atom is -0.380 e. The van der Waals surface area contributed by atoms with E-state index in [0.717, 1.165) is 13.1 Å². The van der Waals surface area contributed by atoms with Crippen molar-refractivity contribution in [2.75, 3.05) is 19.8 Å². The molecule has 0 spiro atoms. The molecular weight excluding hydrogens is 116 g/mol. The molecule has 1 aliphatic rings. The average molecular weight is 130 g/mol. The van der Waals surface area contributed by atoms with Crippen LogP contribution in [-0.2, 0) is 0 Å². The molecule has 1 saturated heterocycles. The van der Waals surface area contributed by atoms with Crippen LogP contribution < -0.4 is 5.43 Å². The zero-order chi connectivity index (χ0) is 6.53. The van der Waals surface area contributed by atoms with Gasteiger partial charge in [-0.15, -0.1) is 0 Å². The molecule has 0 amide bonds. The topological polar surface area (TPSA) is 35.5 Å². The van der Waals surface area contributed by atoms with Crippen molar-refractivity contribution in [3.05, 3.63) is 0 Å². The van der Waals surface area contributed by atoms with Gasteiger partial charge >= 0.3 is 0 Å². The normalized spacial score (nSPS) is 22.3. The van der Waals surface area contributed by atoms with Crippen molar-refractivity contribution in [2.45, 2.75) is 19.3 Å². The highest BCUT2D eigenvalue weighted by molar-refractivity contribution is 4.58. The van der Waals surface area contributed by atoms with Crippen LogP contribution in [-0.4, -0.2) is 29.9 Å². The number of nitrogens with one attached hydrogen (secondary N) is 1. The predicted octanol–water partition coefficient (Wildman–Crippen LogP) is -0.0733. The minimum atomic E-state index is 0.0694. The molecule has 1 aliphatic heterocycles. The number of hydrogen-bond acceptors (Lipinski definition) is 3. The summed E-state index contributed by atoms with van der Waals surface area (Å²) in [5.41, 5.74) is 2.87. The summed E-state index contributed by atoms with van der Waals surface area (Å²) in [5.74, 6) is 0. The molecule has 0 bridgehead atoms. The molecule has 0 unspecified atom stereocenters. The third-order valence-electron chi connectivity index (χ3n) is 1.65. The molecule has 0 atom stereocenters. The molecule has 3 nitrogen and oxygen atoms in total. The first-order valence-corrected chi connectivity index (χ1v) is 3.53. The van der Waals surface area contributed by atoms with Gasteiger partial charge in [0.25, 0.3) is 0 Å². The van der Waals surface area contributed by atoms with Gasteiger partial charge in [0.2, 0.25) is 0 Å². The van der Waals surface area contributed by atoms with Gasteiger partial charge in [0.05, 0.1) is 0 Å². The second-order valence-electron chi connectivity index (χ2n) is 2.36. The molecule has 9 heavy (non-hydrogen) atoms. The summed E-state index contributed by atoms with van der Waals surface area (Å²) < 4.78 is 0. The van der Waals surface area contributed by atoms with E-state index in [1.54, 1.807) is 0 Å². The fourth-order valence-electron chi connectivity index (χ4n) is 1.15. The summed E-state index contributed by atoms with van der Waals surface area (Å²) in [7, 11) is 0. The maximum atomic E-state index is 8.47. The fraction of sp³-hybridized carbons (Fsp3) is 1.00. The predicted molar refractivity (Wildman–Crippen MR) is 35.6 cm³/mol. The van der Waals surface area contributed by atoms with E-state index in [4.69, 9.17) is 5.11 Å². The van der Waals surface area contributed by atoms with Gasteiger partial charge in [-0.05, 0) is 12.8 Å². The highest BCUT2D eigenvalue weighted by atomic mass is 16.3. The SMILES string of the molecule is OCNN1CCCCC1. The number of nitrogens with zero attached hydrogens (tertiary/aromatic N) is 1. The van der Waals surface area contributed by atoms with Gasteiger partial charge in [0.1, 0.15) is 6.73 Å². The van der Waals surface area contributed by atoms with Crippen molar-refractivity contribution >= 4 is 0 Å². The zero-order valence-electron chi connectivity index (χ0n) is 5.64. The summed E-state index contributed by atoms with van der Waals surface area (Å²) >= 11 is 0. The Morgan fingerprint density at radius 1 is 1.22 bits per heavy atom. The molecular formula is C6H14N2O. The maximum Gasteiger partial charge on any atom is 0.106 e. The van der Waals surface area contributed by atoms with Crippen LogP contribution in [0.25, 0.3) is 0 Å². The number of hydrazine groups is 1. The highest BCUT2D eigenvalue weighted by Gasteiger charge is 2.07. The molecule has 0 aromatic rings. The van der Waals surface area contributed by atoms with E-state index in [9.17, 15) is 0 Å². The van der Waals surface area contributed by atoms with E-state index < -0.39 is 0 Å². The zero-order valence-corrected chi connectivity index (χ0v) is 5.64. The number of rotatable bonds is 2. The van der Waals surface area contributed by atoms with Gasteiger partial charge < -0.3 is 5.11 Å². The number of aliphatic hydroxyl groups is 1. The van der Waals surface area contributed by atoms with Crippen molar-refractivity contribution in [1.29, 1.82) is 0 Å². The smallest absolute Gasteiger partial charge is 0.106 e. The minimum absolute atomic E-state index is 0.0694. The van der Waals surface area contributed by atoms with Gasteiger partial charge in [-0.2, -0.15) is 0 Å². The van der Waals surface area contributed by atoms with E-state index in [1.165, 1.54) is 19.3 Å². The highest BCUT2D eigenvalue weighted by Crippen LogP contribution is 2.04. The van der Waals surface area contributed by atoms with Crippen LogP contribution in [0.1, 0.15) is 19.3 Å². The summed E-state index contributed by atoms with van der Waals surface area (Å²) in [4.78, 5) is 0. The van der Waals surface area contributed by atoms with Crippen LogP contribution >= 0.6 is 0 Å². The standard InChI is InChI=1S/C6H14N2O/c9-6-7-8-4-2-1-3-5-8/h7,9H,1-6H2. The second kappa shape index (κ2) is 3.82. The lowest BCUT2D eigenvalue weighted by Crippen LogP contribution is -2.41. The van der Waals surface area contributed by atoms with Gasteiger partial charge in [0, 0.05) is 13.1 Å². The second-order valence-corrected chi connectivity index (χ2v) is 2.36. The Hall–Kier alpha value is -0.120. The van der Waals surface area contributed by atoms with E-state index in [-0.39, 0.29) is 6.73 Å². The molecule has 1 rings (SSSR count). The molecule has 0 saturated carbocycles. The first kappa shape index (κ1) is 6.99. The van der Waals surface area contributed by atoms with Crippen molar-refractivity contribution in [3.8, 4) is 0 Å². The van der Waals surface area contributed by atoms with Crippen LogP contribution in [0.4, 0.5) is 0 Å². The third-order valence-corrected chi connectivity index (χ3v) is 1.65. The summed E-state index contributed by atoms with van der Waals surface area (Å²) in [6.45, 7) is 2.24. The van der Waals surface area contributed by atoms with Crippen LogP contribution in [0.2, 0.25) is 0 Å². The van der Waals surface area contributed by atoms with Crippen molar-refractivity contribution < 1.29 is 5.11 Å². The molecule has 0 aliphatic carbocycles. The van der Waals surface area contributed by atoms with Crippen LogP contribution in [0.5, 0.6) is 0 Å². The van der Waals surface area contributed by atoms with Gasteiger partial charge in [-0.3, -0.25) is 0 Å². The molecule has 1 heterocycles. The largest absolute Gasteiger partial charge is 0.380 e. The Morgan fingerprint density at radius 3 is 2.44 bits per heavy atom. The van der Waals surface area contributed by atoms with E-state index >= 15 is 0 Å². The third kappa shape index (κ3) is 2.30. The van der Waals surface area contributed by atoms with E-state index in [0.29, 0.717) is 0 Å². The quantitative estimate of drug-likeness (QED) is 0.513. The van der Waals surface area contributed by atoms with Gasteiger partial charge in [-0.1, -0.05) is 6.42 Å². The Morgan fingerprint density at radius 2 is 1.89 bits per heavy atom. The monoisotopic (exact) mass is 130 g/mol. The number of aliphatic hydroxyl groups excluding tert-OH is 1. The molecule has 0 aromatic carbocycles. The van der Waals surface area contributed by atoms with Crippen molar-refractivity contribution in [1.82, 2.24) is 10.4 Å². The Labute approximate surface area is 55.6 Å². The number of piperidine rings is 1.